The van der Waals surface area contributed by atoms with E-state index in [0.29, 0.717) is 23.8 Å². The zero-order valence-electron chi connectivity index (χ0n) is 11.6. The van der Waals surface area contributed by atoms with Gasteiger partial charge in [-0.05, 0) is 63.7 Å². The molecule has 1 fully saturated rings. The van der Waals surface area contributed by atoms with E-state index in [1.807, 2.05) is 13.8 Å². The van der Waals surface area contributed by atoms with Gasteiger partial charge in [0.1, 0.15) is 0 Å². The van der Waals surface area contributed by atoms with Crippen molar-refractivity contribution in [2.45, 2.75) is 58.5 Å². The SMILES string of the molecule is C[C@H]1CCC2=C(C(=O)O)CC[C@@H](C(C)(C)O)C[C@H]21. The molecular weight excluding hydrogens is 228 g/mol. The summed E-state index contributed by atoms with van der Waals surface area (Å²) in [4.78, 5) is 11.4. The van der Waals surface area contributed by atoms with Crippen molar-refractivity contribution < 1.29 is 15.0 Å². The number of fused-ring (bicyclic) bond motifs is 1. The highest BCUT2D eigenvalue weighted by Gasteiger charge is 2.39. The summed E-state index contributed by atoms with van der Waals surface area (Å²) in [5.74, 6) is 0.378. The molecule has 2 aliphatic rings. The average molecular weight is 252 g/mol. The number of hydrogen-bond acceptors (Lipinski definition) is 2. The van der Waals surface area contributed by atoms with Gasteiger partial charge in [0.15, 0.2) is 0 Å². The smallest absolute Gasteiger partial charge is 0.331 e. The number of hydrogen-bond donors (Lipinski definition) is 2. The molecule has 3 atom stereocenters. The quantitative estimate of drug-likeness (QED) is 0.794. The second-order valence-corrected chi connectivity index (χ2v) is 6.56. The van der Waals surface area contributed by atoms with E-state index in [9.17, 15) is 15.0 Å². The van der Waals surface area contributed by atoms with E-state index in [-0.39, 0.29) is 5.92 Å². The molecule has 0 saturated heterocycles. The first-order chi connectivity index (χ1) is 8.30. The maximum atomic E-state index is 11.4. The molecule has 102 valence electrons. The molecule has 2 rings (SSSR count). The number of allylic oxidation sites excluding steroid dienone is 1. The molecule has 0 aliphatic heterocycles. The van der Waals surface area contributed by atoms with Gasteiger partial charge < -0.3 is 10.2 Å². The molecule has 0 amide bonds. The monoisotopic (exact) mass is 252 g/mol. The Bertz CT molecular complexity index is 376. The van der Waals surface area contributed by atoms with Crippen LogP contribution in [0.15, 0.2) is 11.1 Å². The Morgan fingerprint density at radius 1 is 1.28 bits per heavy atom. The van der Waals surface area contributed by atoms with Gasteiger partial charge in [-0.1, -0.05) is 12.5 Å². The lowest BCUT2D eigenvalue weighted by Gasteiger charge is -2.31. The molecule has 0 heterocycles. The van der Waals surface area contributed by atoms with E-state index >= 15 is 0 Å². The van der Waals surface area contributed by atoms with Gasteiger partial charge in [0, 0.05) is 5.57 Å². The normalized spacial score (nSPS) is 33.2. The molecule has 0 bridgehead atoms. The van der Waals surface area contributed by atoms with E-state index in [1.165, 1.54) is 5.57 Å². The Morgan fingerprint density at radius 2 is 1.94 bits per heavy atom. The van der Waals surface area contributed by atoms with Crippen molar-refractivity contribution in [1.29, 1.82) is 0 Å². The third kappa shape index (κ3) is 2.46. The van der Waals surface area contributed by atoms with Crippen molar-refractivity contribution in [2.75, 3.05) is 0 Å². The largest absolute Gasteiger partial charge is 0.478 e. The Labute approximate surface area is 109 Å². The summed E-state index contributed by atoms with van der Waals surface area (Å²) in [7, 11) is 0. The summed E-state index contributed by atoms with van der Waals surface area (Å²) < 4.78 is 0. The van der Waals surface area contributed by atoms with Crippen LogP contribution in [-0.2, 0) is 4.79 Å². The molecule has 0 aromatic carbocycles. The number of carboxylic acid groups (broad SMARTS) is 1. The Balaban J connectivity index is 2.31. The first kappa shape index (κ1) is 13.6. The predicted octanol–water partition coefficient (Wildman–Crippen LogP) is 2.98. The molecule has 3 heteroatoms. The molecule has 2 N–H and O–H groups in total. The van der Waals surface area contributed by atoms with Crippen molar-refractivity contribution >= 4 is 5.97 Å². The predicted molar refractivity (Wildman–Crippen MR) is 70.2 cm³/mol. The van der Waals surface area contributed by atoms with Crippen molar-refractivity contribution in [1.82, 2.24) is 0 Å². The van der Waals surface area contributed by atoms with Gasteiger partial charge >= 0.3 is 5.97 Å². The number of rotatable bonds is 2. The van der Waals surface area contributed by atoms with Crippen molar-refractivity contribution in [3.05, 3.63) is 11.1 Å². The van der Waals surface area contributed by atoms with Gasteiger partial charge in [-0.3, -0.25) is 0 Å². The average Bonchev–Trinajstić information content (AvgIpc) is 2.49. The van der Waals surface area contributed by atoms with Gasteiger partial charge in [-0.15, -0.1) is 0 Å². The van der Waals surface area contributed by atoms with Crippen LogP contribution in [-0.4, -0.2) is 21.8 Å². The van der Waals surface area contributed by atoms with Crippen LogP contribution in [0.2, 0.25) is 0 Å². The summed E-state index contributed by atoms with van der Waals surface area (Å²) in [6.07, 6.45) is 4.37. The van der Waals surface area contributed by atoms with Crippen LogP contribution in [0.1, 0.15) is 52.9 Å². The molecule has 0 aromatic rings. The molecule has 2 aliphatic carbocycles. The van der Waals surface area contributed by atoms with Crippen molar-refractivity contribution in [2.24, 2.45) is 17.8 Å². The number of aliphatic carboxylic acids is 1. The van der Waals surface area contributed by atoms with Crippen LogP contribution in [0.5, 0.6) is 0 Å². The Hall–Kier alpha value is -0.830. The summed E-state index contributed by atoms with van der Waals surface area (Å²) >= 11 is 0. The van der Waals surface area contributed by atoms with Gasteiger partial charge in [-0.25, -0.2) is 4.79 Å². The van der Waals surface area contributed by atoms with Crippen LogP contribution in [0.4, 0.5) is 0 Å². The molecule has 0 spiro atoms. The zero-order chi connectivity index (χ0) is 13.5. The standard InChI is InChI=1S/C15H24O3/c1-9-4-6-11-12(14(16)17)7-5-10(8-13(9)11)15(2,3)18/h9-10,13,18H,4-8H2,1-3H3,(H,16,17)/t9-,10+,13-/m0/s1. The van der Waals surface area contributed by atoms with Crippen molar-refractivity contribution in [3.8, 4) is 0 Å². The molecule has 1 saturated carbocycles. The minimum atomic E-state index is -0.750. The minimum Gasteiger partial charge on any atom is -0.478 e. The molecule has 18 heavy (non-hydrogen) atoms. The second kappa shape index (κ2) is 4.69. The summed E-state index contributed by atoms with van der Waals surface area (Å²) in [5.41, 5.74) is 1.10. The molecule has 0 aromatic heterocycles. The fraction of sp³-hybridized carbons (Fsp3) is 0.800. The van der Waals surface area contributed by atoms with Crippen molar-refractivity contribution in [3.63, 3.8) is 0 Å². The van der Waals surface area contributed by atoms with Crippen LogP contribution in [0, 0.1) is 17.8 Å². The first-order valence-electron chi connectivity index (χ1n) is 6.98. The van der Waals surface area contributed by atoms with E-state index in [1.54, 1.807) is 0 Å². The lowest BCUT2D eigenvalue weighted by molar-refractivity contribution is -0.133. The Morgan fingerprint density at radius 3 is 2.50 bits per heavy atom. The van der Waals surface area contributed by atoms with Crippen LogP contribution in [0.25, 0.3) is 0 Å². The minimum absolute atomic E-state index is 0.204. The highest BCUT2D eigenvalue weighted by atomic mass is 16.4. The maximum Gasteiger partial charge on any atom is 0.331 e. The van der Waals surface area contributed by atoms with Gasteiger partial charge in [0.2, 0.25) is 0 Å². The van der Waals surface area contributed by atoms with E-state index in [0.717, 1.165) is 25.7 Å². The third-order valence-corrected chi connectivity index (χ3v) is 4.93. The number of aliphatic hydroxyl groups is 1. The van der Waals surface area contributed by atoms with Gasteiger partial charge in [0.05, 0.1) is 5.60 Å². The van der Waals surface area contributed by atoms with E-state index < -0.39 is 11.6 Å². The number of carbonyl (C=O) groups is 1. The highest BCUT2D eigenvalue weighted by Crippen LogP contribution is 2.47. The Kier molecular flexibility index (Phi) is 3.54. The zero-order valence-corrected chi connectivity index (χ0v) is 11.6. The fourth-order valence-corrected chi connectivity index (χ4v) is 3.65. The summed E-state index contributed by atoms with van der Waals surface area (Å²) in [5, 5.41) is 19.6. The van der Waals surface area contributed by atoms with E-state index in [4.69, 9.17) is 0 Å². The lowest BCUT2D eigenvalue weighted by Crippen LogP contribution is -2.32. The molecule has 3 nitrogen and oxygen atoms in total. The molecular formula is C15H24O3. The summed E-state index contributed by atoms with van der Waals surface area (Å²) in [6.45, 7) is 5.91. The highest BCUT2D eigenvalue weighted by molar-refractivity contribution is 5.87. The van der Waals surface area contributed by atoms with Crippen LogP contribution < -0.4 is 0 Å². The number of carboxylic acids is 1. The van der Waals surface area contributed by atoms with E-state index in [2.05, 4.69) is 6.92 Å². The molecule has 0 radical (unpaired) electrons. The van der Waals surface area contributed by atoms with Gasteiger partial charge in [0.25, 0.3) is 0 Å². The van der Waals surface area contributed by atoms with Gasteiger partial charge in [-0.2, -0.15) is 0 Å². The lowest BCUT2D eigenvalue weighted by atomic mass is 9.79. The maximum absolute atomic E-state index is 11.4. The molecule has 0 unspecified atom stereocenters. The fourth-order valence-electron chi connectivity index (χ4n) is 3.65. The van der Waals surface area contributed by atoms with Crippen LogP contribution in [0.3, 0.4) is 0 Å². The topological polar surface area (TPSA) is 57.5 Å². The second-order valence-electron chi connectivity index (χ2n) is 6.56. The summed E-state index contributed by atoms with van der Waals surface area (Å²) in [6, 6.07) is 0. The third-order valence-electron chi connectivity index (χ3n) is 4.93. The first-order valence-corrected chi connectivity index (χ1v) is 6.98. The van der Waals surface area contributed by atoms with Crippen LogP contribution >= 0.6 is 0 Å².